The Labute approximate surface area is 175 Å². The predicted molar refractivity (Wildman–Crippen MR) is 112 cm³/mol. The molecule has 0 fully saturated rings. The third-order valence-electron chi connectivity index (χ3n) is 5.95. The van der Waals surface area contributed by atoms with Crippen molar-refractivity contribution in [1.82, 2.24) is 5.32 Å². The van der Waals surface area contributed by atoms with Crippen molar-refractivity contribution in [2.75, 3.05) is 7.11 Å². The first-order chi connectivity index (χ1) is 14.4. The third-order valence-corrected chi connectivity index (χ3v) is 5.95. The maximum atomic E-state index is 13.4. The molecule has 2 aliphatic rings. The number of aryl methyl sites for hydroxylation is 1. The summed E-state index contributed by atoms with van der Waals surface area (Å²) in [5.74, 6) is -1.23. The second kappa shape index (κ2) is 7.90. The van der Waals surface area contributed by atoms with Crippen LogP contribution in [-0.2, 0) is 14.3 Å². The van der Waals surface area contributed by atoms with Gasteiger partial charge in [0, 0.05) is 29.3 Å². The van der Waals surface area contributed by atoms with Crippen molar-refractivity contribution in [2.24, 2.45) is 0 Å². The maximum Gasteiger partial charge on any atom is 0.336 e. The fourth-order valence-corrected chi connectivity index (χ4v) is 4.57. The van der Waals surface area contributed by atoms with Crippen LogP contribution in [0.3, 0.4) is 0 Å². The number of dihydropyridines is 1. The summed E-state index contributed by atoms with van der Waals surface area (Å²) in [5, 5.41) is 3.30. The van der Waals surface area contributed by atoms with Crippen LogP contribution in [0.2, 0.25) is 0 Å². The number of methoxy groups -OCH3 is 1. The number of halogens is 1. The molecule has 2 aromatic carbocycles. The van der Waals surface area contributed by atoms with Gasteiger partial charge in [-0.1, -0.05) is 42.0 Å². The first kappa shape index (κ1) is 20.1. The number of esters is 1. The van der Waals surface area contributed by atoms with Crippen LogP contribution in [0, 0.1) is 12.7 Å². The van der Waals surface area contributed by atoms with Crippen molar-refractivity contribution in [1.29, 1.82) is 0 Å². The maximum absolute atomic E-state index is 13.4. The monoisotopic (exact) mass is 405 g/mol. The number of benzene rings is 2. The summed E-state index contributed by atoms with van der Waals surface area (Å²) in [6.45, 7) is 3.83. The largest absolute Gasteiger partial charge is 0.466 e. The second-order valence-corrected chi connectivity index (χ2v) is 7.97. The molecule has 1 aliphatic carbocycles. The molecule has 0 amide bonds. The molecule has 154 valence electrons. The van der Waals surface area contributed by atoms with E-state index in [9.17, 15) is 14.0 Å². The van der Waals surface area contributed by atoms with E-state index >= 15 is 0 Å². The molecule has 5 heteroatoms. The number of ether oxygens (including phenoxy) is 1. The van der Waals surface area contributed by atoms with E-state index in [1.807, 2.05) is 38.1 Å². The van der Waals surface area contributed by atoms with Crippen LogP contribution in [0.5, 0.6) is 0 Å². The SMILES string of the molecule is COC(=O)C1=C(C)NC2=C(C(=O)CC(c3ccc(F)cc3)C2)C1c1cccc(C)c1. The van der Waals surface area contributed by atoms with Gasteiger partial charge in [-0.2, -0.15) is 0 Å². The zero-order chi connectivity index (χ0) is 21.4. The second-order valence-electron chi connectivity index (χ2n) is 7.97. The Morgan fingerprint density at radius 1 is 1.07 bits per heavy atom. The Morgan fingerprint density at radius 3 is 2.47 bits per heavy atom. The average molecular weight is 405 g/mol. The lowest BCUT2D eigenvalue weighted by Crippen LogP contribution is -2.36. The quantitative estimate of drug-likeness (QED) is 0.754. The van der Waals surface area contributed by atoms with Gasteiger partial charge in [-0.05, 0) is 49.4 Å². The highest BCUT2D eigenvalue weighted by atomic mass is 19.1. The van der Waals surface area contributed by atoms with Crippen molar-refractivity contribution in [3.05, 3.63) is 93.6 Å². The van der Waals surface area contributed by atoms with Gasteiger partial charge in [-0.25, -0.2) is 9.18 Å². The molecule has 2 unspecified atom stereocenters. The molecule has 2 atom stereocenters. The van der Waals surface area contributed by atoms with Crippen molar-refractivity contribution in [3.8, 4) is 0 Å². The Morgan fingerprint density at radius 2 is 1.80 bits per heavy atom. The van der Waals surface area contributed by atoms with Crippen molar-refractivity contribution in [3.63, 3.8) is 0 Å². The van der Waals surface area contributed by atoms with E-state index < -0.39 is 11.9 Å². The fourth-order valence-electron chi connectivity index (χ4n) is 4.57. The van der Waals surface area contributed by atoms with E-state index in [1.54, 1.807) is 12.1 Å². The van der Waals surface area contributed by atoms with Crippen LogP contribution < -0.4 is 5.32 Å². The molecule has 0 spiro atoms. The number of carbonyl (C=O) groups is 2. The number of ketones is 1. The lowest BCUT2D eigenvalue weighted by molar-refractivity contribution is -0.136. The van der Waals surface area contributed by atoms with Crippen LogP contribution in [0.4, 0.5) is 4.39 Å². The van der Waals surface area contributed by atoms with Crippen LogP contribution in [-0.4, -0.2) is 18.9 Å². The summed E-state index contributed by atoms with van der Waals surface area (Å²) in [5.41, 5.74) is 5.52. The summed E-state index contributed by atoms with van der Waals surface area (Å²) < 4.78 is 18.4. The number of carbonyl (C=O) groups excluding carboxylic acids is 2. The normalized spacial score (nSPS) is 21.3. The minimum atomic E-state index is -0.463. The molecule has 30 heavy (non-hydrogen) atoms. The van der Waals surface area contributed by atoms with Gasteiger partial charge in [-0.15, -0.1) is 0 Å². The number of allylic oxidation sites excluding steroid dienone is 3. The molecule has 1 heterocycles. The molecule has 1 aliphatic heterocycles. The lowest BCUT2D eigenvalue weighted by atomic mass is 9.71. The first-order valence-corrected chi connectivity index (χ1v) is 10.0. The lowest BCUT2D eigenvalue weighted by Gasteiger charge is -2.36. The fraction of sp³-hybridized carbons (Fsp3) is 0.280. The minimum Gasteiger partial charge on any atom is -0.466 e. The molecular formula is C25H24FNO3. The van der Waals surface area contributed by atoms with Gasteiger partial charge in [-0.3, -0.25) is 4.79 Å². The van der Waals surface area contributed by atoms with E-state index in [2.05, 4.69) is 5.32 Å². The van der Waals surface area contributed by atoms with Crippen molar-refractivity contribution < 1.29 is 18.7 Å². The third kappa shape index (κ3) is 3.56. The van der Waals surface area contributed by atoms with Gasteiger partial charge in [0.25, 0.3) is 0 Å². The summed E-state index contributed by atoms with van der Waals surface area (Å²) >= 11 is 0. The van der Waals surface area contributed by atoms with E-state index in [4.69, 9.17) is 4.74 Å². The number of hydrogen-bond donors (Lipinski definition) is 1. The molecule has 0 aromatic heterocycles. The highest BCUT2D eigenvalue weighted by Gasteiger charge is 2.41. The Kier molecular flexibility index (Phi) is 5.29. The Hall–Kier alpha value is -3.21. The van der Waals surface area contributed by atoms with Gasteiger partial charge >= 0.3 is 5.97 Å². The molecule has 0 radical (unpaired) electrons. The van der Waals surface area contributed by atoms with Crippen LogP contribution in [0.1, 0.15) is 48.3 Å². The highest BCUT2D eigenvalue weighted by Crippen LogP contribution is 2.45. The summed E-state index contributed by atoms with van der Waals surface area (Å²) in [6.07, 6.45) is 0.947. The summed E-state index contributed by atoms with van der Waals surface area (Å²) in [7, 11) is 1.35. The summed E-state index contributed by atoms with van der Waals surface area (Å²) in [4.78, 5) is 26.0. The topological polar surface area (TPSA) is 55.4 Å². The summed E-state index contributed by atoms with van der Waals surface area (Å²) in [6, 6.07) is 14.2. The van der Waals surface area contributed by atoms with Gasteiger partial charge in [0.2, 0.25) is 0 Å². The number of nitrogens with one attached hydrogen (secondary N) is 1. The highest BCUT2D eigenvalue weighted by molar-refractivity contribution is 6.04. The zero-order valence-corrected chi connectivity index (χ0v) is 17.3. The van der Waals surface area contributed by atoms with Gasteiger partial charge in [0.15, 0.2) is 5.78 Å². The Bertz CT molecular complexity index is 1080. The minimum absolute atomic E-state index is 0.00140. The standard InChI is InChI=1S/C25H24FNO3/c1-14-5-4-6-17(11-14)23-22(25(29)30-3)15(2)27-20-12-18(13-21(28)24(20)23)16-7-9-19(26)10-8-16/h4-11,18,23,27H,12-13H2,1-3H3. The van der Waals surface area contributed by atoms with Gasteiger partial charge in [0.05, 0.1) is 12.7 Å². The zero-order valence-electron chi connectivity index (χ0n) is 17.3. The molecule has 2 aromatic rings. The average Bonchev–Trinajstić information content (AvgIpc) is 2.72. The van der Waals surface area contributed by atoms with Gasteiger partial charge in [0.1, 0.15) is 5.82 Å². The van der Waals surface area contributed by atoms with Crippen LogP contribution in [0.15, 0.2) is 71.1 Å². The smallest absolute Gasteiger partial charge is 0.336 e. The van der Waals surface area contributed by atoms with Crippen LogP contribution >= 0.6 is 0 Å². The molecule has 0 saturated carbocycles. The number of hydrogen-bond acceptors (Lipinski definition) is 4. The van der Waals surface area contributed by atoms with Gasteiger partial charge < -0.3 is 10.1 Å². The van der Waals surface area contributed by atoms with Crippen LogP contribution in [0.25, 0.3) is 0 Å². The van der Waals surface area contributed by atoms with Crippen molar-refractivity contribution >= 4 is 11.8 Å². The van der Waals surface area contributed by atoms with E-state index in [0.29, 0.717) is 29.7 Å². The predicted octanol–water partition coefficient (Wildman–Crippen LogP) is 4.67. The molecule has 4 rings (SSSR count). The molecule has 0 bridgehead atoms. The van der Waals surface area contributed by atoms with Crippen molar-refractivity contribution in [2.45, 2.75) is 38.5 Å². The number of rotatable bonds is 3. The molecule has 1 N–H and O–H groups in total. The van der Waals surface area contributed by atoms with E-state index in [1.165, 1.54) is 19.2 Å². The van der Waals surface area contributed by atoms with E-state index in [-0.39, 0.29) is 17.5 Å². The molecular weight excluding hydrogens is 381 g/mol. The molecule has 4 nitrogen and oxygen atoms in total. The van der Waals surface area contributed by atoms with E-state index in [0.717, 1.165) is 22.4 Å². The Balaban J connectivity index is 1.80. The molecule has 0 saturated heterocycles. The first-order valence-electron chi connectivity index (χ1n) is 10.0. The number of Topliss-reactive ketones (excluding diaryl/α,β-unsaturated/α-hetero) is 1.